The minimum atomic E-state index is 0.237. The van der Waals surface area contributed by atoms with Crippen LogP contribution in [0.2, 0.25) is 0 Å². The van der Waals surface area contributed by atoms with Crippen LogP contribution in [0.5, 0.6) is 5.75 Å². The van der Waals surface area contributed by atoms with Gasteiger partial charge >= 0.3 is 0 Å². The maximum absolute atomic E-state index is 9.93. The van der Waals surface area contributed by atoms with E-state index in [1.54, 1.807) is 6.92 Å². The molecule has 7 heteroatoms. The van der Waals surface area contributed by atoms with Crippen molar-refractivity contribution in [3.05, 3.63) is 45.6 Å². The number of hydrogen-bond donors (Lipinski definition) is 2. The van der Waals surface area contributed by atoms with E-state index in [-0.39, 0.29) is 5.75 Å². The largest absolute Gasteiger partial charge is 0.506 e. The highest BCUT2D eigenvalue weighted by atomic mass is 79.9. The highest BCUT2D eigenvalue weighted by Crippen LogP contribution is 2.32. The molecule has 5 nitrogen and oxygen atoms in total. The van der Waals surface area contributed by atoms with E-state index in [2.05, 4.69) is 36.4 Å². The van der Waals surface area contributed by atoms with Crippen molar-refractivity contribution in [3.8, 4) is 16.3 Å². The zero-order valence-corrected chi connectivity index (χ0v) is 15.3. The fraction of sp³-hybridized carbons (Fsp3) is 0.188. The van der Waals surface area contributed by atoms with Gasteiger partial charge < -0.3 is 10.4 Å². The molecule has 0 fully saturated rings. The van der Waals surface area contributed by atoms with E-state index in [0.29, 0.717) is 16.6 Å². The fourth-order valence-corrected chi connectivity index (χ4v) is 3.15. The average Bonchev–Trinajstić information content (AvgIpc) is 3.00. The third kappa shape index (κ3) is 3.20. The number of aryl methyl sites for hydroxylation is 1. The average molecular weight is 391 g/mol. The molecule has 2 aromatic heterocycles. The summed E-state index contributed by atoms with van der Waals surface area (Å²) < 4.78 is 1.03. The number of nitrogens with zero attached hydrogens (tertiary/aromatic N) is 3. The quantitative estimate of drug-likeness (QED) is 0.675. The Morgan fingerprint density at radius 2 is 1.74 bits per heavy atom. The summed E-state index contributed by atoms with van der Waals surface area (Å²) in [5.74, 6) is 0.928. The van der Waals surface area contributed by atoms with E-state index in [1.165, 1.54) is 11.3 Å². The number of aromatic nitrogens is 3. The lowest BCUT2D eigenvalue weighted by molar-refractivity contribution is 0.463. The molecule has 0 amide bonds. The monoisotopic (exact) mass is 390 g/mol. The molecule has 0 aliphatic carbocycles. The molecule has 0 aliphatic rings. The Bertz CT molecular complexity index is 861. The molecule has 0 bridgehead atoms. The van der Waals surface area contributed by atoms with E-state index in [9.17, 15) is 5.11 Å². The Hall–Kier alpha value is -1.99. The summed E-state index contributed by atoms with van der Waals surface area (Å²) in [5.41, 5.74) is 3.32. The SMILES string of the molecule is Cc1nc(Nc2nnc(-c3ccc(Br)cc3)s2)c(C)c(C)c1O. The molecule has 118 valence electrons. The van der Waals surface area contributed by atoms with Gasteiger partial charge in [0.25, 0.3) is 0 Å². The number of nitrogens with one attached hydrogen (secondary N) is 1. The van der Waals surface area contributed by atoms with Gasteiger partial charge in [-0.1, -0.05) is 39.4 Å². The molecule has 2 N–H and O–H groups in total. The molecule has 2 heterocycles. The van der Waals surface area contributed by atoms with Crippen LogP contribution in [0, 0.1) is 20.8 Å². The predicted octanol–water partition coefficient (Wildman–Crippen LogP) is 4.74. The second-order valence-electron chi connectivity index (χ2n) is 5.19. The molecule has 0 saturated carbocycles. The Morgan fingerprint density at radius 3 is 2.43 bits per heavy atom. The molecule has 1 aromatic carbocycles. The molecule has 3 rings (SSSR count). The van der Waals surface area contributed by atoms with Gasteiger partial charge in [-0.3, -0.25) is 0 Å². The van der Waals surface area contributed by atoms with Crippen molar-refractivity contribution in [2.24, 2.45) is 0 Å². The molecule has 0 atom stereocenters. The lowest BCUT2D eigenvalue weighted by Gasteiger charge is -2.11. The lowest BCUT2D eigenvalue weighted by Crippen LogP contribution is -2.00. The van der Waals surface area contributed by atoms with Gasteiger partial charge in [-0.2, -0.15) is 0 Å². The van der Waals surface area contributed by atoms with Crippen molar-refractivity contribution in [2.45, 2.75) is 20.8 Å². The number of benzene rings is 1. The van der Waals surface area contributed by atoms with Gasteiger partial charge in [0.15, 0.2) is 0 Å². The molecule has 0 saturated heterocycles. The highest BCUT2D eigenvalue weighted by Gasteiger charge is 2.13. The predicted molar refractivity (Wildman–Crippen MR) is 96.4 cm³/mol. The van der Waals surface area contributed by atoms with Crippen molar-refractivity contribution in [1.82, 2.24) is 15.2 Å². The first-order valence-corrected chi connectivity index (χ1v) is 8.60. The van der Waals surface area contributed by atoms with Gasteiger partial charge in [0, 0.05) is 10.0 Å². The van der Waals surface area contributed by atoms with Gasteiger partial charge in [-0.25, -0.2) is 4.98 Å². The van der Waals surface area contributed by atoms with Gasteiger partial charge in [0.1, 0.15) is 16.6 Å². The van der Waals surface area contributed by atoms with Gasteiger partial charge in [-0.05, 0) is 44.0 Å². The van der Waals surface area contributed by atoms with Gasteiger partial charge in [-0.15, -0.1) is 10.2 Å². The number of rotatable bonds is 3. The normalized spacial score (nSPS) is 10.8. The molecule has 3 aromatic rings. The van der Waals surface area contributed by atoms with Crippen LogP contribution in [0.25, 0.3) is 10.6 Å². The highest BCUT2D eigenvalue weighted by molar-refractivity contribution is 9.10. The molecular weight excluding hydrogens is 376 g/mol. The minimum Gasteiger partial charge on any atom is -0.506 e. The molecular formula is C16H15BrN4OS. The van der Waals surface area contributed by atoms with Crippen LogP contribution in [0.3, 0.4) is 0 Å². The second-order valence-corrected chi connectivity index (χ2v) is 7.08. The van der Waals surface area contributed by atoms with Crippen LogP contribution in [-0.2, 0) is 0 Å². The Labute approximate surface area is 146 Å². The van der Waals surface area contributed by atoms with Crippen LogP contribution in [0.1, 0.15) is 16.8 Å². The van der Waals surface area contributed by atoms with Crippen LogP contribution in [0.4, 0.5) is 10.9 Å². The van der Waals surface area contributed by atoms with Crippen molar-refractivity contribution in [3.63, 3.8) is 0 Å². The van der Waals surface area contributed by atoms with Crippen molar-refractivity contribution < 1.29 is 5.11 Å². The zero-order chi connectivity index (χ0) is 16.6. The fourth-order valence-electron chi connectivity index (χ4n) is 2.14. The van der Waals surface area contributed by atoms with Gasteiger partial charge in [0.05, 0.1) is 5.69 Å². The number of hydrogen-bond acceptors (Lipinski definition) is 6. The van der Waals surface area contributed by atoms with Crippen LogP contribution >= 0.6 is 27.3 Å². The maximum Gasteiger partial charge on any atom is 0.211 e. The zero-order valence-electron chi connectivity index (χ0n) is 12.9. The Balaban J connectivity index is 1.89. The summed E-state index contributed by atoms with van der Waals surface area (Å²) in [5, 5.41) is 23.0. The molecule has 23 heavy (non-hydrogen) atoms. The third-order valence-electron chi connectivity index (χ3n) is 3.64. The first kappa shape index (κ1) is 15.9. The number of anilines is 2. The summed E-state index contributed by atoms with van der Waals surface area (Å²) >= 11 is 4.88. The van der Waals surface area contributed by atoms with E-state index in [1.807, 2.05) is 38.1 Å². The topological polar surface area (TPSA) is 70.9 Å². The Kier molecular flexibility index (Phi) is 4.32. The lowest BCUT2D eigenvalue weighted by atomic mass is 10.1. The third-order valence-corrected chi connectivity index (χ3v) is 5.05. The van der Waals surface area contributed by atoms with Crippen molar-refractivity contribution >= 4 is 38.2 Å². The van der Waals surface area contributed by atoms with Crippen LogP contribution in [-0.4, -0.2) is 20.3 Å². The molecule has 0 aliphatic heterocycles. The maximum atomic E-state index is 9.93. The first-order chi connectivity index (χ1) is 11.0. The standard InChI is InChI=1S/C16H15BrN4OS/c1-8-9(2)14(18-10(3)13(8)22)19-16-21-20-15(23-16)11-4-6-12(17)7-5-11/h4-7,22H,1-3H3,(H,18,19,21). The number of pyridine rings is 1. The second kappa shape index (κ2) is 6.25. The van der Waals surface area contributed by atoms with E-state index < -0.39 is 0 Å². The summed E-state index contributed by atoms with van der Waals surface area (Å²) in [6, 6.07) is 7.93. The molecule has 0 unspecified atom stereocenters. The Morgan fingerprint density at radius 1 is 1.04 bits per heavy atom. The smallest absolute Gasteiger partial charge is 0.211 e. The van der Waals surface area contributed by atoms with Crippen LogP contribution in [0.15, 0.2) is 28.7 Å². The van der Waals surface area contributed by atoms with Crippen molar-refractivity contribution in [1.29, 1.82) is 0 Å². The number of aromatic hydroxyl groups is 1. The van der Waals surface area contributed by atoms with E-state index in [4.69, 9.17) is 0 Å². The van der Waals surface area contributed by atoms with Crippen molar-refractivity contribution in [2.75, 3.05) is 5.32 Å². The van der Waals surface area contributed by atoms with E-state index >= 15 is 0 Å². The van der Waals surface area contributed by atoms with Crippen LogP contribution < -0.4 is 5.32 Å². The number of halogens is 1. The summed E-state index contributed by atoms with van der Waals surface area (Å²) in [4.78, 5) is 4.39. The minimum absolute atomic E-state index is 0.237. The summed E-state index contributed by atoms with van der Waals surface area (Å²) in [6.07, 6.45) is 0. The summed E-state index contributed by atoms with van der Waals surface area (Å²) in [6.45, 7) is 5.57. The molecule has 0 spiro atoms. The van der Waals surface area contributed by atoms with Gasteiger partial charge in [0.2, 0.25) is 5.13 Å². The molecule has 0 radical (unpaired) electrons. The first-order valence-electron chi connectivity index (χ1n) is 6.99. The summed E-state index contributed by atoms with van der Waals surface area (Å²) in [7, 11) is 0. The van der Waals surface area contributed by atoms with E-state index in [0.717, 1.165) is 26.2 Å².